The fourth-order valence-electron chi connectivity index (χ4n) is 5.74. The zero-order valence-electron chi connectivity index (χ0n) is 25.2. The summed E-state index contributed by atoms with van der Waals surface area (Å²) in [6.45, 7) is 3.40. The van der Waals surface area contributed by atoms with Gasteiger partial charge >= 0.3 is 6.09 Å². The van der Waals surface area contributed by atoms with Crippen molar-refractivity contribution in [3.05, 3.63) is 70.9 Å². The van der Waals surface area contributed by atoms with Gasteiger partial charge in [-0.2, -0.15) is 5.10 Å². The third kappa shape index (κ3) is 7.51. The molecule has 0 unspecified atom stereocenters. The van der Waals surface area contributed by atoms with Crippen molar-refractivity contribution < 1.29 is 33.3 Å². The Morgan fingerprint density at radius 3 is 2.64 bits per heavy atom. The lowest BCUT2D eigenvalue weighted by molar-refractivity contribution is -0.116. The summed E-state index contributed by atoms with van der Waals surface area (Å²) in [4.78, 5) is 25.1. The minimum Gasteiger partial charge on any atom is -0.497 e. The van der Waals surface area contributed by atoms with Crippen LogP contribution in [-0.2, 0) is 32.0 Å². The van der Waals surface area contributed by atoms with Crippen LogP contribution >= 0.6 is 0 Å². The molecular formula is C33H40N4O7. The van der Waals surface area contributed by atoms with Crippen LogP contribution in [0.2, 0.25) is 0 Å². The van der Waals surface area contributed by atoms with Crippen LogP contribution in [0.25, 0.3) is 0 Å². The summed E-state index contributed by atoms with van der Waals surface area (Å²) in [5.41, 5.74) is 3.58. The number of benzene rings is 2. The van der Waals surface area contributed by atoms with Crippen molar-refractivity contribution in [1.29, 1.82) is 0 Å². The number of nitrogens with one attached hydrogen (secondary N) is 3. The van der Waals surface area contributed by atoms with E-state index in [2.05, 4.69) is 20.8 Å². The number of nitrogens with zero attached hydrogens (tertiary/aromatic N) is 1. The standard InChI is InChI=1S/C33H40N4O7/c1-33(14-15-33)35-32(39)44-25-12-8-23(18-25)26-19-28(37-36-26)34-29(38)13-9-22-4-3-5-27(30(22)31-41-16-17-42-31)43-20-21-6-10-24(40-2)11-7-21/h3-7,10-11,19,23,25,31H,8-9,12-18,20H2,1-2H3,(H,35,39)(H2,34,36,37,38)/t23-,25+/m0/s1. The van der Waals surface area contributed by atoms with E-state index in [4.69, 9.17) is 23.7 Å². The molecule has 2 amide bonds. The van der Waals surface area contributed by atoms with Gasteiger partial charge in [0, 0.05) is 29.6 Å². The second-order valence-corrected chi connectivity index (χ2v) is 12.0. The molecule has 3 fully saturated rings. The van der Waals surface area contributed by atoms with Crippen molar-refractivity contribution in [2.24, 2.45) is 0 Å². The number of H-pyrrole nitrogens is 1. The average molecular weight is 605 g/mol. The molecule has 11 heteroatoms. The van der Waals surface area contributed by atoms with Crippen molar-refractivity contribution in [3.63, 3.8) is 0 Å². The zero-order valence-corrected chi connectivity index (χ0v) is 25.2. The van der Waals surface area contributed by atoms with E-state index in [1.807, 2.05) is 55.5 Å². The predicted molar refractivity (Wildman–Crippen MR) is 162 cm³/mol. The van der Waals surface area contributed by atoms with Gasteiger partial charge in [0.15, 0.2) is 12.1 Å². The molecule has 2 aromatic carbocycles. The highest BCUT2D eigenvalue weighted by Gasteiger charge is 2.40. The Bertz CT molecular complexity index is 1450. The molecule has 11 nitrogen and oxygen atoms in total. The number of hydrogen-bond acceptors (Lipinski definition) is 8. The SMILES string of the molecule is COc1ccc(COc2cccc(CCC(=O)Nc3cc([C@H]4CC[C@@H](OC(=O)NC5(C)CC5)C4)[nH]n3)c2C2OCCO2)cc1. The van der Waals surface area contributed by atoms with E-state index in [-0.39, 0.29) is 36.0 Å². The minimum absolute atomic E-state index is 0.0976. The molecule has 6 rings (SSSR count). The molecule has 2 aliphatic carbocycles. The Morgan fingerprint density at radius 1 is 1.09 bits per heavy atom. The molecule has 1 aromatic heterocycles. The number of rotatable bonds is 12. The number of aromatic amines is 1. The van der Waals surface area contributed by atoms with Gasteiger partial charge in [0.2, 0.25) is 5.91 Å². The van der Waals surface area contributed by atoms with Gasteiger partial charge in [-0.05, 0) is 74.8 Å². The van der Waals surface area contributed by atoms with Gasteiger partial charge in [0.1, 0.15) is 24.2 Å². The summed E-state index contributed by atoms with van der Waals surface area (Å²) in [5, 5.41) is 13.2. The maximum Gasteiger partial charge on any atom is 0.407 e. The number of aryl methyl sites for hydroxylation is 1. The Labute approximate surface area is 256 Å². The highest BCUT2D eigenvalue weighted by molar-refractivity contribution is 5.90. The van der Waals surface area contributed by atoms with Gasteiger partial charge in [-0.3, -0.25) is 9.89 Å². The maximum absolute atomic E-state index is 13.0. The normalized spacial score (nSPS) is 20.7. The average Bonchev–Trinajstić information content (AvgIpc) is 3.49. The summed E-state index contributed by atoms with van der Waals surface area (Å²) in [6, 6.07) is 15.4. The van der Waals surface area contributed by atoms with Gasteiger partial charge in [-0.1, -0.05) is 24.3 Å². The van der Waals surface area contributed by atoms with Crippen molar-refractivity contribution in [3.8, 4) is 11.5 Å². The molecule has 1 aliphatic heterocycles. The number of hydrogen-bond donors (Lipinski definition) is 3. The van der Waals surface area contributed by atoms with Crippen LogP contribution in [0.4, 0.5) is 10.6 Å². The number of carbonyl (C=O) groups excluding carboxylic acids is 2. The number of methoxy groups -OCH3 is 1. The molecule has 0 spiro atoms. The quantitative estimate of drug-likeness (QED) is 0.246. The molecule has 2 heterocycles. The third-order valence-electron chi connectivity index (χ3n) is 8.56. The molecule has 3 N–H and O–H groups in total. The summed E-state index contributed by atoms with van der Waals surface area (Å²) in [5.74, 6) is 1.98. The highest BCUT2D eigenvalue weighted by Crippen LogP contribution is 2.38. The molecule has 2 atom stereocenters. The second-order valence-electron chi connectivity index (χ2n) is 12.0. The summed E-state index contributed by atoms with van der Waals surface area (Å²) >= 11 is 0. The van der Waals surface area contributed by atoms with E-state index in [9.17, 15) is 9.59 Å². The molecule has 44 heavy (non-hydrogen) atoms. The number of aromatic nitrogens is 2. The number of anilines is 1. The minimum atomic E-state index is -0.545. The molecular weight excluding hydrogens is 564 g/mol. The number of amides is 2. The van der Waals surface area contributed by atoms with Gasteiger partial charge in [0.25, 0.3) is 0 Å². The van der Waals surface area contributed by atoms with Crippen LogP contribution in [0.5, 0.6) is 11.5 Å². The van der Waals surface area contributed by atoms with Crippen molar-refractivity contribution in [2.75, 3.05) is 25.6 Å². The largest absolute Gasteiger partial charge is 0.497 e. The third-order valence-corrected chi connectivity index (χ3v) is 8.56. The first-order chi connectivity index (χ1) is 21.4. The van der Waals surface area contributed by atoms with E-state index < -0.39 is 6.29 Å². The Kier molecular flexibility index (Phi) is 9.04. The van der Waals surface area contributed by atoms with E-state index in [1.165, 1.54) is 0 Å². The van der Waals surface area contributed by atoms with Gasteiger partial charge in [-0.15, -0.1) is 0 Å². The first kappa shape index (κ1) is 30.0. The lowest BCUT2D eigenvalue weighted by atomic mass is 10.0. The fraction of sp³-hybridized carbons (Fsp3) is 0.485. The van der Waals surface area contributed by atoms with Crippen molar-refractivity contribution in [1.82, 2.24) is 15.5 Å². The Hall–Kier alpha value is -4.09. The number of alkyl carbamates (subject to hydrolysis) is 1. The molecule has 1 saturated heterocycles. The van der Waals surface area contributed by atoms with E-state index in [0.717, 1.165) is 60.2 Å². The summed E-state index contributed by atoms with van der Waals surface area (Å²) in [7, 11) is 1.64. The second kappa shape index (κ2) is 13.3. The maximum atomic E-state index is 13.0. The summed E-state index contributed by atoms with van der Waals surface area (Å²) in [6.07, 6.45) is 4.12. The van der Waals surface area contributed by atoms with E-state index in [1.54, 1.807) is 7.11 Å². The van der Waals surface area contributed by atoms with Crippen LogP contribution in [0.3, 0.4) is 0 Å². The molecule has 234 valence electrons. The first-order valence-electron chi connectivity index (χ1n) is 15.3. The predicted octanol–water partition coefficient (Wildman–Crippen LogP) is 5.53. The first-order valence-corrected chi connectivity index (χ1v) is 15.3. The topological polar surface area (TPSA) is 133 Å². The number of carbonyl (C=O) groups is 2. The highest BCUT2D eigenvalue weighted by atomic mass is 16.7. The molecule has 3 aromatic rings. The van der Waals surface area contributed by atoms with Crippen molar-refractivity contribution in [2.45, 2.75) is 82.3 Å². The van der Waals surface area contributed by atoms with Crippen LogP contribution < -0.4 is 20.1 Å². The lowest BCUT2D eigenvalue weighted by Crippen LogP contribution is -2.36. The van der Waals surface area contributed by atoms with Crippen LogP contribution in [0.15, 0.2) is 48.5 Å². The summed E-state index contributed by atoms with van der Waals surface area (Å²) < 4.78 is 28.8. The zero-order chi connectivity index (χ0) is 30.5. The van der Waals surface area contributed by atoms with Crippen LogP contribution in [0, 0.1) is 0 Å². The lowest BCUT2D eigenvalue weighted by Gasteiger charge is -2.19. The molecule has 0 radical (unpaired) electrons. The monoisotopic (exact) mass is 604 g/mol. The Balaban J connectivity index is 1.03. The van der Waals surface area contributed by atoms with Crippen molar-refractivity contribution >= 4 is 17.8 Å². The van der Waals surface area contributed by atoms with E-state index >= 15 is 0 Å². The Morgan fingerprint density at radius 2 is 1.89 bits per heavy atom. The smallest absolute Gasteiger partial charge is 0.407 e. The van der Waals surface area contributed by atoms with Gasteiger partial charge in [0.05, 0.1) is 25.9 Å². The number of ether oxygens (including phenoxy) is 5. The molecule has 3 aliphatic rings. The van der Waals surface area contributed by atoms with Crippen LogP contribution in [0.1, 0.15) is 80.0 Å². The van der Waals surface area contributed by atoms with E-state index in [0.29, 0.717) is 37.8 Å². The fourth-order valence-corrected chi connectivity index (χ4v) is 5.74. The van der Waals surface area contributed by atoms with Crippen LogP contribution in [-0.4, -0.2) is 54.2 Å². The van der Waals surface area contributed by atoms with Gasteiger partial charge in [-0.25, -0.2) is 4.79 Å². The molecule has 0 bridgehead atoms. The van der Waals surface area contributed by atoms with Gasteiger partial charge < -0.3 is 34.3 Å². The molecule has 2 saturated carbocycles.